The second-order valence-electron chi connectivity index (χ2n) is 3.14. The highest BCUT2D eigenvalue weighted by Crippen LogP contribution is 2.20. The quantitative estimate of drug-likeness (QED) is 0.553. The van der Waals surface area contributed by atoms with Gasteiger partial charge in [-0.25, -0.2) is 0 Å². The lowest BCUT2D eigenvalue weighted by Crippen LogP contribution is -2.34. The first-order valence-electron chi connectivity index (χ1n) is 4.46. The molecule has 0 spiro atoms. The highest BCUT2D eigenvalue weighted by atomic mass is 19.4. The molecular weight excluding hydrogens is 204 g/mol. The molecule has 0 aliphatic heterocycles. The van der Waals surface area contributed by atoms with Crippen LogP contribution in [0.15, 0.2) is 30.9 Å². The Morgan fingerprint density at radius 3 is 2.53 bits per heavy atom. The van der Waals surface area contributed by atoms with E-state index in [-0.39, 0.29) is 0 Å². The Kier molecular flexibility index (Phi) is 3.45. The van der Waals surface area contributed by atoms with Crippen molar-refractivity contribution >= 4 is 12.4 Å². The molecule has 1 rings (SSSR count). The van der Waals surface area contributed by atoms with Crippen LogP contribution in [0.3, 0.4) is 0 Å². The van der Waals surface area contributed by atoms with Gasteiger partial charge in [-0.05, 0) is 18.1 Å². The predicted octanol–water partition coefficient (Wildman–Crippen LogP) is 2.48. The highest BCUT2D eigenvalue weighted by molar-refractivity contribution is 6.73. The van der Waals surface area contributed by atoms with Crippen molar-refractivity contribution in [1.29, 1.82) is 0 Å². The van der Waals surface area contributed by atoms with Gasteiger partial charge in [-0.2, -0.15) is 0 Å². The topological polar surface area (TPSA) is 9.23 Å². The zero-order valence-electron chi connectivity index (χ0n) is 8.34. The van der Waals surface area contributed by atoms with E-state index in [0.29, 0.717) is 17.7 Å². The van der Waals surface area contributed by atoms with Crippen molar-refractivity contribution in [2.75, 3.05) is 7.11 Å². The van der Waals surface area contributed by atoms with Crippen LogP contribution in [-0.2, 0) is 6.42 Å². The lowest BCUT2D eigenvalue weighted by atomic mass is 9.79. The third kappa shape index (κ3) is 2.78. The van der Waals surface area contributed by atoms with E-state index in [4.69, 9.17) is 4.74 Å². The van der Waals surface area contributed by atoms with Crippen molar-refractivity contribution in [1.82, 2.24) is 0 Å². The molecular formula is C10H11BF3O-. The lowest BCUT2D eigenvalue weighted by Gasteiger charge is -2.17. The zero-order chi connectivity index (χ0) is 11.5. The standard InChI is InChI=1S/C10H11BF3O/c1-3-4-8-7-9(11(12,13)14)5-6-10(8)15-2/h3,5-7H,1,4H2,2H3/q-1. The third-order valence-corrected chi connectivity index (χ3v) is 2.05. The van der Waals surface area contributed by atoms with Crippen LogP contribution in [0.25, 0.3) is 0 Å². The van der Waals surface area contributed by atoms with E-state index in [1.807, 2.05) is 0 Å². The summed E-state index contributed by atoms with van der Waals surface area (Å²) in [5.41, 5.74) is -0.100. The molecule has 0 aliphatic carbocycles. The Labute approximate surface area is 86.6 Å². The van der Waals surface area contributed by atoms with Crippen molar-refractivity contribution in [2.45, 2.75) is 6.42 Å². The summed E-state index contributed by atoms with van der Waals surface area (Å²) < 4.78 is 42.3. The summed E-state index contributed by atoms with van der Waals surface area (Å²) in [4.78, 5) is 0. The summed E-state index contributed by atoms with van der Waals surface area (Å²) in [6, 6.07) is 3.48. The van der Waals surface area contributed by atoms with Gasteiger partial charge in [-0.1, -0.05) is 18.2 Å². The molecule has 0 bridgehead atoms. The molecule has 1 nitrogen and oxygen atoms in total. The fourth-order valence-corrected chi connectivity index (χ4v) is 1.32. The van der Waals surface area contributed by atoms with Crippen LogP contribution in [0.2, 0.25) is 0 Å². The van der Waals surface area contributed by atoms with E-state index < -0.39 is 12.4 Å². The number of ether oxygens (including phenoxy) is 1. The Bertz CT molecular complexity index is 360. The molecule has 1 aromatic rings. The van der Waals surface area contributed by atoms with Gasteiger partial charge in [0.1, 0.15) is 5.75 Å². The molecule has 0 amide bonds. The molecule has 0 radical (unpaired) electrons. The Morgan fingerprint density at radius 1 is 1.40 bits per heavy atom. The van der Waals surface area contributed by atoms with E-state index in [0.717, 1.165) is 12.1 Å². The molecule has 0 atom stereocenters. The number of hydrogen-bond donors (Lipinski definition) is 0. The van der Waals surface area contributed by atoms with E-state index in [1.165, 1.54) is 13.2 Å². The van der Waals surface area contributed by atoms with Crippen LogP contribution in [0.4, 0.5) is 12.9 Å². The van der Waals surface area contributed by atoms with E-state index >= 15 is 0 Å². The first-order chi connectivity index (χ1) is 6.99. The van der Waals surface area contributed by atoms with Crippen LogP contribution < -0.4 is 10.2 Å². The van der Waals surface area contributed by atoms with Crippen molar-refractivity contribution in [2.24, 2.45) is 0 Å². The molecule has 0 fully saturated rings. The normalized spacial score (nSPS) is 11.2. The average Bonchev–Trinajstić information content (AvgIpc) is 2.17. The largest absolute Gasteiger partial charge is 0.509 e. The number of methoxy groups -OCH3 is 1. The number of allylic oxidation sites excluding steroid dienone is 1. The van der Waals surface area contributed by atoms with Gasteiger partial charge in [0.2, 0.25) is 0 Å². The summed E-state index contributed by atoms with van der Waals surface area (Å²) in [7, 11) is 1.43. The van der Waals surface area contributed by atoms with E-state index in [1.54, 1.807) is 6.08 Å². The second kappa shape index (κ2) is 4.42. The SMILES string of the molecule is C=CCc1cc([B-](F)(F)F)ccc1OC. The maximum atomic E-state index is 12.4. The molecule has 0 aromatic heterocycles. The second-order valence-corrected chi connectivity index (χ2v) is 3.14. The van der Waals surface area contributed by atoms with Crippen LogP contribution in [-0.4, -0.2) is 14.1 Å². The fraction of sp³-hybridized carbons (Fsp3) is 0.200. The van der Waals surface area contributed by atoms with Gasteiger partial charge >= 0.3 is 6.98 Å². The van der Waals surface area contributed by atoms with Gasteiger partial charge in [-0.15, -0.1) is 12.0 Å². The molecule has 0 saturated carbocycles. The summed E-state index contributed by atoms with van der Waals surface area (Å²) >= 11 is 0. The van der Waals surface area contributed by atoms with Crippen molar-refractivity contribution in [3.05, 3.63) is 36.4 Å². The minimum Gasteiger partial charge on any atom is -0.496 e. The number of benzene rings is 1. The van der Waals surface area contributed by atoms with Crippen molar-refractivity contribution in [3.63, 3.8) is 0 Å². The Morgan fingerprint density at radius 2 is 2.07 bits per heavy atom. The molecule has 0 heterocycles. The van der Waals surface area contributed by atoms with Gasteiger partial charge in [0.15, 0.2) is 0 Å². The molecule has 15 heavy (non-hydrogen) atoms. The van der Waals surface area contributed by atoms with Crippen molar-refractivity contribution in [3.8, 4) is 5.75 Å². The van der Waals surface area contributed by atoms with Crippen molar-refractivity contribution < 1.29 is 17.7 Å². The van der Waals surface area contributed by atoms with Gasteiger partial charge in [0.05, 0.1) is 7.11 Å². The predicted molar refractivity (Wildman–Crippen MR) is 55.6 cm³/mol. The Balaban J connectivity index is 3.15. The first-order valence-corrected chi connectivity index (χ1v) is 4.46. The first kappa shape index (κ1) is 11.7. The minimum atomic E-state index is -4.95. The maximum absolute atomic E-state index is 12.4. The zero-order valence-corrected chi connectivity index (χ0v) is 8.34. The number of hydrogen-bond acceptors (Lipinski definition) is 1. The number of rotatable bonds is 4. The Hall–Kier alpha value is -1.39. The summed E-state index contributed by atoms with van der Waals surface area (Å²) in [5.74, 6) is 0.457. The molecule has 1 aromatic carbocycles. The summed E-state index contributed by atoms with van der Waals surface area (Å²) in [6.07, 6.45) is 1.91. The molecule has 0 saturated heterocycles. The van der Waals surface area contributed by atoms with Crippen LogP contribution in [0.1, 0.15) is 5.56 Å². The lowest BCUT2D eigenvalue weighted by molar-refractivity contribution is 0.410. The molecule has 0 unspecified atom stereocenters. The summed E-state index contributed by atoms with van der Waals surface area (Å²) in [5, 5.41) is 0. The third-order valence-electron chi connectivity index (χ3n) is 2.05. The monoisotopic (exact) mass is 215 g/mol. The van der Waals surface area contributed by atoms with Gasteiger partial charge in [-0.3, -0.25) is 0 Å². The minimum absolute atomic E-state index is 0.364. The highest BCUT2D eigenvalue weighted by Gasteiger charge is 2.25. The van der Waals surface area contributed by atoms with E-state index in [9.17, 15) is 12.9 Å². The van der Waals surface area contributed by atoms with Gasteiger partial charge < -0.3 is 17.7 Å². The molecule has 0 N–H and O–H groups in total. The average molecular weight is 215 g/mol. The van der Waals surface area contributed by atoms with Crippen LogP contribution in [0.5, 0.6) is 5.75 Å². The molecule has 5 heteroatoms. The number of halogens is 3. The molecule has 0 aliphatic rings. The van der Waals surface area contributed by atoms with Gasteiger partial charge in [0.25, 0.3) is 0 Å². The summed E-state index contributed by atoms with van der Waals surface area (Å²) in [6.45, 7) is -1.46. The van der Waals surface area contributed by atoms with Crippen LogP contribution in [0, 0.1) is 0 Å². The fourth-order valence-electron chi connectivity index (χ4n) is 1.32. The maximum Gasteiger partial charge on any atom is 0.509 e. The smallest absolute Gasteiger partial charge is 0.496 e. The van der Waals surface area contributed by atoms with Crippen LogP contribution >= 0.6 is 0 Å². The molecule has 82 valence electrons. The van der Waals surface area contributed by atoms with Gasteiger partial charge in [0, 0.05) is 0 Å². The van der Waals surface area contributed by atoms with E-state index in [2.05, 4.69) is 6.58 Å².